The van der Waals surface area contributed by atoms with Crippen LogP contribution in [0.5, 0.6) is 0 Å². The van der Waals surface area contributed by atoms with Crippen LogP contribution >= 0.6 is 0 Å². The Kier molecular flexibility index (Phi) is 12.8. The Labute approximate surface area is 166 Å². The predicted octanol–water partition coefficient (Wildman–Crippen LogP) is 0.919. The van der Waals surface area contributed by atoms with Gasteiger partial charge in [0.05, 0.1) is 6.61 Å². The molecule has 0 aromatic carbocycles. The van der Waals surface area contributed by atoms with E-state index in [0.29, 0.717) is 12.0 Å². The molecule has 1 fully saturated rings. The lowest BCUT2D eigenvalue weighted by Gasteiger charge is -2.27. The molecule has 0 spiro atoms. The van der Waals surface area contributed by atoms with Crippen LogP contribution in [0.2, 0.25) is 0 Å². The van der Waals surface area contributed by atoms with Crippen LogP contribution < -0.4 is 20.8 Å². The highest BCUT2D eigenvalue weighted by Crippen LogP contribution is 2.25. The van der Waals surface area contributed by atoms with Gasteiger partial charge in [0, 0.05) is 18.7 Å². The summed E-state index contributed by atoms with van der Waals surface area (Å²) in [5, 5.41) is 14.0. The molecule has 28 heavy (non-hydrogen) atoms. The average molecular weight is 397 g/mol. The number of nitrogens with one attached hydrogen (secondary N) is 3. The number of carbonyl (C=O) groups excluding carboxylic acids is 2. The van der Waals surface area contributed by atoms with E-state index in [1.807, 2.05) is 0 Å². The zero-order chi connectivity index (χ0) is 20.6. The Balaban J connectivity index is 0.000000330. The molecule has 9 nitrogen and oxygen atoms in total. The minimum Gasteiger partial charge on any atom is -0.407 e. The van der Waals surface area contributed by atoms with Crippen LogP contribution in [0, 0.1) is 5.92 Å². The van der Waals surface area contributed by atoms with Gasteiger partial charge in [0.15, 0.2) is 12.4 Å². The van der Waals surface area contributed by atoms with E-state index in [9.17, 15) is 9.59 Å². The lowest BCUT2D eigenvalue weighted by Crippen LogP contribution is -2.37. The van der Waals surface area contributed by atoms with Crippen LogP contribution in [0.25, 0.3) is 0 Å². The number of ether oxygens (including phenoxy) is 1. The van der Waals surface area contributed by atoms with Crippen molar-refractivity contribution in [3.05, 3.63) is 30.1 Å². The van der Waals surface area contributed by atoms with E-state index in [4.69, 9.17) is 5.21 Å². The van der Waals surface area contributed by atoms with Crippen LogP contribution in [0.15, 0.2) is 24.5 Å². The number of rotatable bonds is 10. The molecule has 9 heteroatoms. The first kappa shape index (κ1) is 24.0. The second-order valence-corrected chi connectivity index (χ2v) is 6.67. The molecule has 0 bridgehead atoms. The highest BCUT2D eigenvalue weighted by molar-refractivity contribution is 5.93. The zero-order valence-electron chi connectivity index (χ0n) is 16.7. The van der Waals surface area contributed by atoms with Crippen molar-refractivity contribution in [2.75, 3.05) is 20.2 Å². The summed E-state index contributed by atoms with van der Waals surface area (Å²) in [6.45, 7) is 3.05. The summed E-state index contributed by atoms with van der Waals surface area (Å²) in [4.78, 5) is 26.1. The fourth-order valence-electron chi connectivity index (χ4n) is 3.09. The smallest absolute Gasteiger partial charge is 0.297 e. The third kappa shape index (κ3) is 9.75. The molecule has 1 unspecified atom stereocenters. The maximum absolute atomic E-state index is 11.7. The van der Waals surface area contributed by atoms with Crippen LogP contribution in [0.4, 0.5) is 0 Å². The van der Waals surface area contributed by atoms with Crippen molar-refractivity contribution >= 4 is 12.4 Å². The molecule has 1 aromatic rings. The van der Waals surface area contributed by atoms with Crippen LogP contribution in [0.1, 0.15) is 49.4 Å². The number of hydrogen-bond donors (Lipinski definition) is 4. The van der Waals surface area contributed by atoms with E-state index in [1.54, 1.807) is 29.1 Å². The van der Waals surface area contributed by atoms with Gasteiger partial charge in [-0.05, 0) is 38.8 Å². The van der Waals surface area contributed by atoms with Crippen LogP contribution in [-0.4, -0.2) is 43.8 Å². The highest BCUT2D eigenvalue weighted by atomic mass is 16.8. The number of carbonyl (C=O) groups is 2. The Hall–Kier alpha value is -2.07. The maximum atomic E-state index is 11.7. The van der Waals surface area contributed by atoms with Gasteiger partial charge in [-0.3, -0.25) is 19.6 Å². The SMILES string of the molecule is CNC(C)C1CCCCC1.O=COC[n+]1cccc(C(=O)NCCONO)c1. The van der Waals surface area contributed by atoms with Gasteiger partial charge in [0.25, 0.3) is 19.1 Å². The first-order valence-corrected chi connectivity index (χ1v) is 9.63. The Bertz CT molecular complexity index is 567. The summed E-state index contributed by atoms with van der Waals surface area (Å²) < 4.78 is 6.11. The molecule has 0 aliphatic heterocycles. The second kappa shape index (κ2) is 14.9. The number of hydrogen-bond acceptors (Lipinski definition) is 7. The molecule has 1 heterocycles. The zero-order valence-corrected chi connectivity index (χ0v) is 16.7. The van der Waals surface area contributed by atoms with Crippen molar-refractivity contribution in [2.24, 2.45) is 5.92 Å². The molecule has 1 aliphatic carbocycles. The molecule has 4 N–H and O–H groups in total. The molecular weight excluding hydrogens is 364 g/mol. The van der Waals surface area contributed by atoms with Crippen molar-refractivity contribution < 1.29 is 28.9 Å². The Morgan fingerprint density at radius 2 is 2.14 bits per heavy atom. The highest BCUT2D eigenvalue weighted by Gasteiger charge is 2.17. The second-order valence-electron chi connectivity index (χ2n) is 6.67. The van der Waals surface area contributed by atoms with E-state index in [-0.39, 0.29) is 25.8 Å². The van der Waals surface area contributed by atoms with Crippen LogP contribution in [0.3, 0.4) is 0 Å². The monoisotopic (exact) mass is 397 g/mol. The van der Waals surface area contributed by atoms with Crippen molar-refractivity contribution in [3.8, 4) is 0 Å². The number of aromatic nitrogens is 1. The minimum absolute atomic E-state index is 0.0438. The van der Waals surface area contributed by atoms with E-state index in [2.05, 4.69) is 34.2 Å². The largest absolute Gasteiger partial charge is 0.407 e. The molecule has 1 atom stereocenters. The topological polar surface area (TPSA) is 113 Å². The number of pyridine rings is 1. The van der Waals surface area contributed by atoms with Gasteiger partial charge in [-0.2, -0.15) is 4.57 Å². The average Bonchev–Trinajstić information content (AvgIpc) is 2.75. The van der Waals surface area contributed by atoms with Crippen molar-refractivity contribution in [2.45, 2.75) is 51.8 Å². The molecule has 0 radical (unpaired) electrons. The fraction of sp³-hybridized carbons (Fsp3) is 0.632. The number of nitrogens with zero attached hydrogens (tertiary/aromatic N) is 1. The Morgan fingerprint density at radius 3 is 2.79 bits per heavy atom. The first-order valence-electron chi connectivity index (χ1n) is 9.63. The van der Waals surface area contributed by atoms with Gasteiger partial charge in [-0.15, -0.1) is 0 Å². The standard InChI is InChI=1S/C10H13N3O5.C9H19N/c14-8-17-7-13-4-1-2-9(6-13)10(15)11-3-5-18-12-16;1-8(10-2)9-6-4-3-5-7-9/h1-2,4,6,8,12,16H,3,5,7H2;8-10H,3-7H2,1-2H3/p+1. The summed E-state index contributed by atoms with van der Waals surface area (Å²) in [7, 11) is 2.07. The van der Waals surface area contributed by atoms with Gasteiger partial charge in [-0.25, -0.2) is 0 Å². The molecule has 1 saturated carbocycles. The fourth-order valence-corrected chi connectivity index (χ4v) is 3.09. The van der Waals surface area contributed by atoms with E-state index >= 15 is 0 Å². The lowest BCUT2D eigenvalue weighted by molar-refractivity contribution is -0.727. The lowest BCUT2D eigenvalue weighted by atomic mass is 9.85. The van der Waals surface area contributed by atoms with E-state index in [1.165, 1.54) is 37.7 Å². The summed E-state index contributed by atoms with van der Waals surface area (Å²) in [5.41, 5.74) is 1.93. The third-order valence-corrected chi connectivity index (χ3v) is 4.78. The summed E-state index contributed by atoms with van der Waals surface area (Å²) in [5.74, 6) is 0.663. The van der Waals surface area contributed by atoms with Gasteiger partial charge in [0.1, 0.15) is 5.56 Å². The van der Waals surface area contributed by atoms with E-state index in [0.717, 1.165) is 12.0 Å². The maximum Gasteiger partial charge on any atom is 0.297 e. The van der Waals surface area contributed by atoms with Crippen molar-refractivity contribution in [3.63, 3.8) is 0 Å². The summed E-state index contributed by atoms with van der Waals surface area (Å²) >= 11 is 0. The molecule has 0 saturated heterocycles. The van der Waals surface area contributed by atoms with Crippen molar-refractivity contribution in [1.82, 2.24) is 16.3 Å². The number of amides is 1. The van der Waals surface area contributed by atoms with E-state index < -0.39 is 0 Å². The normalized spacial score (nSPS) is 15.1. The Morgan fingerprint density at radius 1 is 1.39 bits per heavy atom. The summed E-state index contributed by atoms with van der Waals surface area (Å²) in [6, 6.07) is 4.02. The predicted molar refractivity (Wildman–Crippen MR) is 102 cm³/mol. The molecule has 1 amide bonds. The van der Waals surface area contributed by atoms with Gasteiger partial charge in [0.2, 0.25) is 0 Å². The first-order chi connectivity index (χ1) is 13.6. The third-order valence-electron chi connectivity index (χ3n) is 4.78. The molecule has 1 aromatic heterocycles. The molecular formula is C19H33N4O5+. The van der Waals surface area contributed by atoms with Crippen molar-refractivity contribution in [1.29, 1.82) is 0 Å². The quantitative estimate of drug-likeness (QED) is 0.201. The summed E-state index contributed by atoms with van der Waals surface area (Å²) in [6.07, 6.45) is 10.5. The minimum atomic E-state index is -0.294. The molecule has 158 valence electrons. The van der Waals surface area contributed by atoms with Gasteiger partial charge < -0.3 is 15.4 Å². The van der Waals surface area contributed by atoms with Gasteiger partial charge >= 0.3 is 0 Å². The van der Waals surface area contributed by atoms with Crippen LogP contribution in [-0.2, 0) is 21.1 Å². The molecule has 2 rings (SSSR count). The molecule has 1 aliphatic rings. The van der Waals surface area contributed by atoms with Gasteiger partial charge in [-0.1, -0.05) is 24.9 Å².